The lowest BCUT2D eigenvalue weighted by Gasteiger charge is -2.17. The van der Waals surface area contributed by atoms with E-state index in [4.69, 9.17) is 11.5 Å². The van der Waals surface area contributed by atoms with E-state index in [0.29, 0.717) is 0 Å². The fourth-order valence-corrected chi connectivity index (χ4v) is 2.15. The number of hydrogen-bond acceptors (Lipinski definition) is 2. The Morgan fingerprint density at radius 1 is 1.29 bits per heavy atom. The highest BCUT2D eigenvalue weighted by Gasteiger charge is 2.25. The van der Waals surface area contributed by atoms with Gasteiger partial charge in [0.2, 0.25) is 5.91 Å². The molecule has 0 aromatic heterocycles. The number of rotatable bonds is 4. The lowest BCUT2D eigenvalue weighted by molar-refractivity contribution is -0.142. The molecule has 1 unspecified atom stereocenters. The standard InChI is InChI=1S/C13H19NO3/c1-2-7-11(13(16)17)14-12(15)10-8-5-3-4-6-9-10/h1,10-11H,3-9H2,(H,14,15)(H,16,17). The Balaban J connectivity index is 2.50. The van der Waals surface area contributed by atoms with Crippen LogP contribution in [0.1, 0.15) is 44.9 Å². The summed E-state index contributed by atoms with van der Waals surface area (Å²) >= 11 is 0. The van der Waals surface area contributed by atoms with Crippen LogP contribution in [0, 0.1) is 18.3 Å². The van der Waals surface area contributed by atoms with Crippen molar-refractivity contribution in [2.24, 2.45) is 5.92 Å². The first-order valence-corrected chi connectivity index (χ1v) is 6.11. The Labute approximate surface area is 102 Å². The zero-order valence-corrected chi connectivity index (χ0v) is 9.95. The average molecular weight is 237 g/mol. The Morgan fingerprint density at radius 2 is 1.88 bits per heavy atom. The minimum Gasteiger partial charge on any atom is -0.480 e. The van der Waals surface area contributed by atoms with Gasteiger partial charge in [-0.1, -0.05) is 25.7 Å². The second-order valence-electron chi connectivity index (χ2n) is 4.50. The molecule has 0 aromatic rings. The van der Waals surface area contributed by atoms with Crippen LogP contribution in [0.5, 0.6) is 0 Å². The first kappa shape index (κ1) is 13.6. The van der Waals surface area contributed by atoms with Crippen molar-refractivity contribution in [3.8, 4) is 12.3 Å². The number of carboxylic acid groups (broad SMARTS) is 1. The summed E-state index contributed by atoms with van der Waals surface area (Å²) in [6, 6.07) is -0.948. The monoisotopic (exact) mass is 237 g/mol. The minimum absolute atomic E-state index is 0.0355. The van der Waals surface area contributed by atoms with Gasteiger partial charge in [0.1, 0.15) is 6.04 Å². The summed E-state index contributed by atoms with van der Waals surface area (Å²) in [7, 11) is 0. The molecule has 0 aliphatic heterocycles. The van der Waals surface area contributed by atoms with Gasteiger partial charge in [-0.15, -0.1) is 12.3 Å². The number of carboxylic acids is 1. The second kappa shape index (κ2) is 6.95. The number of terminal acetylenes is 1. The molecule has 1 atom stereocenters. The van der Waals surface area contributed by atoms with E-state index in [0.717, 1.165) is 38.5 Å². The van der Waals surface area contributed by atoms with E-state index in [-0.39, 0.29) is 18.2 Å². The topological polar surface area (TPSA) is 66.4 Å². The van der Waals surface area contributed by atoms with Gasteiger partial charge in [0.25, 0.3) is 0 Å². The molecule has 0 bridgehead atoms. The molecule has 4 nitrogen and oxygen atoms in total. The number of hydrogen-bond donors (Lipinski definition) is 2. The third kappa shape index (κ3) is 4.48. The molecule has 2 N–H and O–H groups in total. The molecule has 1 rings (SSSR count). The average Bonchev–Trinajstić information content (AvgIpc) is 2.56. The maximum atomic E-state index is 11.9. The molecule has 1 aliphatic carbocycles. The predicted octanol–water partition coefficient (Wildman–Crippen LogP) is 1.55. The molecule has 0 saturated heterocycles. The molecule has 0 radical (unpaired) electrons. The fraction of sp³-hybridized carbons (Fsp3) is 0.692. The van der Waals surface area contributed by atoms with Crippen LogP contribution in [0.2, 0.25) is 0 Å². The summed E-state index contributed by atoms with van der Waals surface area (Å²) in [5.41, 5.74) is 0. The maximum Gasteiger partial charge on any atom is 0.327 e. The lowest BCUT2D eigenvalue weighted by atomic mass is 9.99. The van der Waals surface area contributed by atoms with E-state index in [1.807, 2.05) is 0 Å². The minimum atomic E-state index is -1.06. The molecule has 1 saturated carbocycles. The molecule has 1 fully saturated rings. The fourth-order valence-electron chi connectivity index (χ4n) is 2.15. The first-order valence-electron chi connectivity index (χ1n) is 6.11. The van der Waals surface area contributed by atoms with Crippen molar-refractivity contribution in [2.75, 3.05) is 0 Å². The van der Waals surface area contributed by atoms with Crippen LogP contribution < -0.4 is 5.32 Å². The van der Waals surface area contributed by atoms with Crippen molar-refractivity contribution in [2.45, 2.75) is 51.0 Å². The Morgan fingerprint density at radius 3 is 2.35 bits per heavy atom. The van der Waals surface area contributed by atoms with Crippen LogP contribution in [0.15, 0.2) is 0 Å². The van der Waals surface area contributed by atoms with Crippen LogP contribution in [0.4, 0.5) is 0 Å². The quantitative estimate of drug-likeness (QED) is 0.576. The highest BCUT2D eigenvalue weighted by atomic mass is 16.4. The smallest absolute Gasteiger partial charge is 0.327 e. The SMILES string of the molecule is C#CCC(NC(=O)C1CCCCCC1)C(=O)O. The lowest BCUT2D eigenvalue weighted by Crippen LogP contribution is -2.43. The molecular formula is C13H19NO3. The van der Waals surface area contributed by atoms with E-state index in [9.17, 15) is 9.59 Å². The highest BCUT2D eigenvalue weighted by molar-refractivity contribution is 5.85. The zero-order chi connectivity index (χ0) is 12.7. The molecule has 0 spiro atoms. The van der Waals surface area contributed by atoms with Crippen molar-refractivity contribution in [1.29, 1.82) is 0 Å². The van der Waals surface area contributed by atoms with Crippen LogP contribution in [-0.2, 0) is 9.59 Å². The van der Waals surface area contributed by atoms with Gasteiger partial charge in [-0.2, -0.15) is 0 Å². The van der Waals surface area contributed by atoms with E-state index in [1.165, 1.54) is 0 Å². The summed E-state index contributed by atoms with van der Waals surface area (Å²) in [5, 5.41) is 11.4. The van der Waals surface area contributed by atoms with Crippen LogP contribution in [0.25, 0.3) is 0 Å². The Hall–Kier alpha value is -1.50. The van der Waals surface area contributed by atoms with Crippen molar-refractivity contribution in [3.05, 3.63) is 0 Å². The summed E-state index contributed by atoms with van der Waals surface area (Å²) in [5.74, 6) is 1.01. The van der Waals surface area contributed by atoms with Crippen LogP contribution in [-0.4, -0.2) is 23.0 Å². The number of amides is 1. The van der Waals surface area contributed by atoms with Crippen LogP contribution in [0.3, 0.4) is 0 Å². The van der Waals surface area contributed by atoms with Crippen molar-refractivity contribution < 1.29 is 14.7 Å². The molecule has 4 heteroatoms. The molecule has 17 heavy (non-hydrogen) atoms. The van der Waals surface area contributed by atoms with Crippen molar-refractivity contribution in [1.82, 2.24) is 5.32 Å². The Kier molecular flexibility index (Phi) is 5.55. The second-order valence-corrected chi connectivity index (χ2v) is 4.50. The highest BCUT2D eigenvalue weighted by Crippen LogP contribution is 2.23. The molecule has 1 aliphatic rings. The number of nitrogens with one attached hydrogen (secondary N) is 1. The number of carbonyl (C=O) groups is 2. The van der Waals surface area contributed by atoms with Gasteiger partial charge >= 0.3 is 5.97 Å². The van der Waals surface area contributed by atoms with Gasteiger partial charge < -0.3 is 10.4 Å². The molecule has 0 heterocycles. The summed E-state index contributed by atoms with van der Waals surface area (Å²) < 4.78 is 0. The van der Waals surface area contributed by atoms with Gasteiger partial charge in [0.15, 0.2) is 0 Å². The normalized spacial score (nSPS) is 18.8. The van der Waals surface area contributed by atoms with Gasteiger partial charge in [-0.05, 0) is 12.8 Å². The summed E-state index contributed by atoms with van der Waals surface area (Å²) in [6.07, 6.45) is 11.2. The first-order chi connectivity index (χ1) is 8.15. The summed E-state index contributed by atoms with van der Waals surface area (Å²) in [6.45, 7) is 0. The zero-order valence-electron chi connectivity index (χ0n) is 9.95. The molecule has 0 aromatic carbocycles. The third-order valence-corrected chi connectivity index (χ3v) is 3.16. The van der Waals surface area contributed by atoms with Crippen molar-refractivity contribution in [3.63, 3.8) is 0 Å². The number of carbonyl (C=O) groups excluding carboxylic acids is 1. The maximum absolute atomic E-state index is 11.9. The Bertz CT molecular complexity index is 311. The van der Waals surface area contributed by atoms with Crippen molar-refractivity contribution >= 4 is 11.9 Å². The third-order valence-electron chi connectivity index (χ3n) is 3.16. The van der Waals surface area contributed by atoms with Gasteiger partial charge in [0, 0.05) is 12.3 Å². The van der Waals surface area contributed by atoms with Gasteiger partial charge in [0.05, 0.1) is 0 Å². The molecule has 94 valence electrons. The van der Waals surface area contributed by atoms with Gasteiger partial charge in [-0.3, -0.25) is 4.79 Å². The molecular weight excluding hydrogens is 218 g/mol. The predicted molar refractivity (Wildman–Crippen MR) is 64.2 cm³/mol. The van der Waals surface area contributed by atoms with E-state index < -0.39 is 12.0 Å². The van der Waals surface area contributed by atoms with Crippen LogP contribution >= 0.6 is 0 Å². The number of aliphatic carboxylic acids is 1. The van der Waals surface area contributed by atoms with Gasteiger partial charge in [-0.25, -0.2) is 4.79 Å². The van der Waals surface area contributed by atoms with E-state index in [1.54, 1.807) is 0 Å². The van der Waals surface area contributed by atoms with E-state index in [2.05, 4.69) is 11.2 Å². The molecule has 1 amide bonds. The largest absolute Gasteiger partial charge is 0.480 e. The summed E-state index contributed by atoms with van der Waals surface area (Å²) in [4.78, 5) is 22.8. The van der Waals surface area contributed by atoms with E-state index >= 15 is 0 Å².